The minimum atomic E-state index is -0.396. The molecule has 7 heteroatoms. The van der Waals surface area contributed by atoms with Gasteiger partial charge in [0.2, 0.25) is 0 Å². The maximum atomic E-state index is 10.9. The van der Waals surface area contributed by atoms with Crippen LogP contribution in [0.15, 0.2) is 35.2 Å². The van der Waals surface area contributed by atoms with Crippen molar-refractivity contribution in [1.29, 1.82) is 0 Å². The van der Waals surface area contributed by atoms with Gasteiger partial charge in [0.15, 0.2) is 0 Å². The number of nitro benzene ring substituents is 1. The molecule has 1 aromatic heterocycles. The van der Waals surface area contributed by atoms with Gasteiger partial charge in [-0.25, -0.2) is 4.98 Å². The van der Waals surface area contributed by atoms with E-state index in [4.69, 9.17) is 5.73 Å². The summed E-state index contributed by atoms with van der Waals surface area (Å²) in [6, 6.07) is 5.13. The number of nitrogens with two attached hydrogens (primary N) is 1. The molecule has 1 unspecified atom stereocenters. The lowest BCUT2D eigenvalue weighted by Gasteiger charge is -2.06. The molecule has 21 heavy (non-hydrogen) atoms. The molecular formula is C14H17BrN4O2. The Morgan fingerprint density at radius 2 is 2.29 bits per heavy atom. The number of halogens is 1. The zero-order valence-corrected chi connectivity index (χ0v) is 13.3. The summed E-state index contributed by atoms with van der Waals surface area (Å²) >= 11 is 3.30. The highest BCUT2D eigenvalue weighted by Crippen LogP contribution is 2.28. The molecular weight excluding hydrogens is 336 g/mol. The van der Waals surface area contributed by atoms with Crippen LogP contribution in [-0.4, -0.2) is 20.5 Å². The summed E-state index contributed by atoms with van der Waals surface area (Å²) in [5.41, 5.74) is 7.76. The molecule has 0 amide bonds. The van der Waals surface area contributed by atoms with E-state index < -0.39 is 4.92 Å². The summed E-state index contributed by atoms with van der Waals surface area (Å²) in [4.78, 5) is 14.9. The Labute approximate surface area is 131 Å². The second-order valence-electron chi connectivity index (χ2n) is 4.92. The predicted octanol–water partition coefficient (Wildman–Crippen LogP) is 2.88. The van der Waals surface area contributed by atoms with Gasteiger partial charge in [0.25, 0.3) is 5.69 Å². The van der Waals surface area contributed by atoms with Crippen LogP contribution in [0, 0.1) is 10.1 Å². The summed E-state index contributed by atoms with van der Waals surface area (Å²) in [5, 5.41) is 10.9. The van der Waals surface area contributed by atoms with E-state index in [1.54, 1.807) is 12.4 Å². The average Bonchev–Trinajstić information content (AvgIpc) is 2.88. The Hall–Kier alpha value is -1.73. The summed E-state index contributed by atoms with van der Waals surface area (Å²) in [6.45, 7) is 2.57. The maximum Gasteiger partial charge on any atom is 0.283 e. The summed E-state index contributed by atoms with van der Waals surface area (Å²) in [7, 11) is 0. The van der Waals surface area contributed by atoms with Gasteiger partial charge in [0.1, 0.15) is 4.47 Å². The molecule has 1 heterocycles. The number of nitro groups is 1. The second kappa shape index (κ2) is 6.82. The van der Waals surface area contributed by atoms with Crippen LogP contribution < -0.4 is 5.73 Å². The van der Waals surface area contributed by atoms with Crippen LogP contribution in [0.25, 0.3) is 0 Å². The average molecular weight is 353 g/mol. The lowest BCUT2D eigenvalue weighted by atomic mass is 10.1. The van der Waals surface area contributed by atoms with Crippen LogP contribution in [0.5, 0.6) is 0 Å². The smallest absolute Gasteiger partial charge is 0.283 e. The zero-order chi connectivity index (χ0) is 15.4. The fourth-order valence-electron chi connectivity index (χ4n) is 2.04. The predicted molar refractivity (Wildman–Crippen MR) is 84.1 cm³/mol. The lowest BCUT2D eigenvalue weighted by molar-refractivity contribution is -0.385. The molecule has 0 aliphatic heterocycles. The van der Waals surface area contributed by atoms with Crippen molar-refractivity contribution in [2.24, 2.45) is 5.73 Å². The molecule has 0 bridgehead atoms. The highest BCUT2D eigenvalue weighted by Gasteiger charge is 2.15. The van der Waals surface area contributed by atoms with Crippen molar-refractivity contribution in [3.63, 3.8) is 0 Å². The zero-order valence-electron chi connectivity index (χ0n) is 11.7. The Bertz CT molecular complexity index is 642. The van der Waals surface area contributed by atoms with Crippen LogP contribution in [0.1, 0.15) is 24.6 Å². The van der Waals surface area contributed by atoms with E-state index in [0.717, 1.165) is 24.1 Å². The number of nitrogens with zero attached hydrogens (tertiary/aromatic N) is 3. The third-order valence-electron chi connectivity index (χ3n) is 3.29. The molecule has 1 aromatic carbocycles. The molecule has 0 saturated carbocycles. The van der Waals surface area contributed by atoms with Gasteiger partial charge in [-0.2, -0.15) is 0 Å². The highest BCUT2D eigenvalue weighted by atomic mass is 79.9. The first kappa shape index (κ1) is 15.7. The van der Waals surface area contributed by atoms with Crippen LogP contribution >= 0.6 is 15.9 Å². The van der Waals surface area contributed by atoms with E-state index in [0.29, 0.717) is 11.0 Å². The van der Waals surface area contributed by atoms with Crippen LogP contribution in [0.4, 0.5) is 5.69 Å². The molecule has 2 rings (SSSR count). The third kappa shape index (κ3) is 3.89. The first-order valence-electron chi connectivity index (χ1n) is 6.69. The van der Waals surface area contributed by atoms with E-state index >= 15 is 0 Å². The molecule has 112 valence electrons. The monoisotopic (exact) mass is 352 g/mol. The number of rotatable bonds is 6. The Kier molecular flexibility index (Phi) is 5.08. The van der Waals surface area contributed by atoms with E-state index in [1.165, 1.54) is 6.07 Å². The quantitative estimate of drug-likeness (QED) is 0.639. The Morgan fingerprint density at radius 3 is 2.95 bits per heavy atom. The van der Waals surface area contributed by atoms with E-state index in [9.17, 15) is 10.1 Å². The normalized spacial score (nSPS) is 12.3. The van der Waals surface area contributed by atoms with Gasteiger partial charge >= 0.3 is 0 Å². The fraction of sp³-hybridized carbons (Fsp3) is 0.357. The first-order valence-corrected chi connectivity index (χ1v) is 7.48. The van der Waals surface area contributed by atoms with Crippen molar-refractivity contribution in [1.82, 2.24) is 9.55 Å². The number of imidazole rings is 1. The fourth-order valence-corrected chi connectivity index (χ4v) is 2.57. The van der Waals surface area contributed by atoms with Crippen molar-refractivity contribution >= 4 is 21.6 Å². The van der Waals surface area contributed by atoms with Crippen LogP contribution in [0.2, 0.25) is 0 Å². The van der Waals surface area contributed by atoms with Crippen LogP contribution in [0.3, 0.4) is 0 Å². The molecule has 0 spiro atoms. The van der Waals surface area contributed by atoms with Gasteiger partial charge in [-0.05, 0) is 27.9 Å². The van der Waals surface area contributed by atoms with Gasteiger partial charge in [0.05, 0.1) is 16.9 Å². The number of aromatic nitrogens is 2. The molecule has 0 fully saturated rings. The second-order valence-corrected chi connectivity index (χ2v) is 5.71. The SMILES string of the molecule is CCC(N)Cc1cn(Cc2cccc([N+](=O)[O-])c2Br)cn1. The molecule has 6 nitrogen and oxygen atoms in total. The van der Waals surface area contributed by atoms with Gasteiger partial charge in [-0.15, -0.1) is 0 Å². The highest BCUT2D eigenvalue weighted by molar-refractivity contribution is 9.10. The summed E-state index contributed by atoms with van der Waals surface area (Å²) in [6.07, 6.45) is 5.30. The first-order chi connectivity index (χ1) is 10.0. The largest absolute Gasteiger partial charge is 0.333 e. The Balaban J connectivity index is 2.15. The molecule has 0 radical (unpaired) electrons. The van der Waals surface area contributed by atoms with E-state index in [1.807, 2.05) is 23.8 Å². The summed E-state index contributed by atoms with van der Waals surface area (Å²) < 4.78 is 2.41. The molecule has 2 N–H and O–H groups in total. The van der Waals surface area contributed by atoms with Gasteiger partial charge in [-0.1, -0.05) is 19.1 Å². The van der Waals surface area contributed by atoms with Crippen molar-refractivity contribution in [2.75, 3.05) is 0 Å². The maximum absolute atomic E-state index is 10.9. The Morgan fingerprint density at radius 1 is 1.52 bits per heavy atom. The molecule has 1 atom stereocenters. The molecule has 2 aromatic rings. The summed E-state index contributed by atoms with van der Waals surface area (Å²) in [5.74, 6) is 0. The number of hydrogen-bond acceptors (Lipinski definition) is 4. The van der Waals surface area contributed by atoms with E-state index in [-0.39, 0.29) is 11.7 Å². The standard InChI is InChI=1S/C14H17BrN4O2/c1-2-11(16)6-12-8-18(9-17-12)7-10-4-3-5-13(14(10)15)19(20)21/h3-5,8-9,11H,2,6-7,16H2,1H3. The molecule has 0 saturated heterocycles. The number of hydrogen-bond donors (Lipinski definition) is 1. The van der Waals surface area contributed by atoms with Crippen molar-refractivity contribution in [3.05, 3.63) is 56.6 Å². The van der Waals surface area contributed by atoms with Gasteiger partial charge in [0, 0.05) is 31.3 Å². The van der Waals surface area contributed by atoms with E-state index in [2.05, 4.69) is 20.9 Å². The van der Waals surface area contributed by atoms with Crippen molar-refractivity contribution < 1.29 is 4.92 Å². The van der Waals surface area contributed by atoms with Gasteiger partial charge in [-0.3, -0.25) is 10.1 Å². The minimum Gasteiger partial charge on any atom is -0.333 e. The topological polar surface area (TPSA) is 87.0 Å². The molecule has 0 aliphatic rings. The van der Waals surface area contributed by atoms with Gasteiger partial charge < -0.3 is 10.3 Å². The van der Waals surface area contributed by atoms with Crippen LogP contribution in [-0.2, 0) is 13.0 Å². The lowest BCUT2D eigenvalue weighted by Crippen LogP contribution is -2.21. The van der Waals surface area contributed by atoms with Crippen molar-refractivity contribution in [3.8, 4) is 0 Å². The van der Waals surface area contributed by atoms with Crippen molar-refractivity contribution in [2.45, 2.75) is 32.4 Å². The molecule has 0 aliphatic carbocycles. The third-order valence-corrected chi connectivity index (χ3v) is 4.21. The minimum absolute atomic E-state index is 0.0702. The number of benzene rings is 1.